The summed E-state index contributed by atoms with van der Waals surface area (Å²) in [5.41, 5.74) is 7.61. The highest BCUT2D eigenvalue weighted by atomic mass is 16.5. The van der Waals surface area contributed by atoms with E-state index in [4.69, 9.17) is 4.74 Å². The van der Waals surface area contributed by atoms with Crippen molar-refractivity contribution in [1.82, 2.24) is 4.98 Å². The zero-order valence-electron chi connectivity index (χ0n) is 15.0. The summed E-state index contributed by atoms with van der Waals surface area (Å²) < 4.78 is 5.36. The van der Waals surface area contributed by atoms with Crippen molar-refractivity contribution < 1.29 is 9.53 Å². The molecule has 4 nitrogen and oxygen atoms in total. The number of aryl methyl sites for hydroxylation is 2. The van der Waals surface area contributed by atoms with Crippen molar-refractivity contribution in [3.8, 4) is 16.9 Å². The third kappa shape index (κ3) is 2.69. The minimum Gasteiger partial charge on any atom is -0.497 e. The summed E-state index contributed by atoms with van der Waals surface area (Å²) in [5, 5.41) is 2.98. The van der Waals surface area contributed by atoms with Crippen LogP contribution in [0.5, 0.6) is 5.75 Å². The molecule has 130 valence electrons. The van der Waals surface area contributed by atoms with E-state index in [0.29, 0.717) is 5.57 Å². The highest BCUT2D eigenvalue weighted by Crippen LogP contribution is 2.41. The number of benzene rings is 2. The number of methoxy groups -OCH3 is 1. The fourth-order valence-corrected chi connectivity index (χ4v) is 3.46. The molecule has 1 aliphatic heterocycles. The van der Waals surface area contributed by atoms with Crippen LogP contribution in [0.1, 0.15) is 22.5 Å². The molecule has 4 heteroatoms. The van der Waals surface area contributed by atoms with Gasteiger partial charge in [0.1, 0.15) is 5.75 Å². The monoisotopic (exact) mass is 344 g/mol. The average molecular weight is 344 g/mol. The van der Waals surface area contributed by atoms with Crippen LogP contribution in [0.25, 0.3) is 22.8 Å². The number of aromatic nitrogens is 1. The van der Waals surface area contributed by atoms with E-state index < -0.39 is 0 Å². The van der Waals surface area contributed by atoms with Gasteiger partial charge in [-0.1, -0.05) is 24.3 Å². The number of H-pyrrole nitrogens is 1. The molecule has 0 saturated heterocycles. The number of hydrogen-bond acceptors (Lipinski definition) is 2. The first-order valence-electron chi connectivity index (χ1n) is 8.54. The second-order valence-electron chi connectivity index (χ2n) is 6.52. The molecule has 0 fully saturated rings. The third-order valence-corrected chi connectivity index (χ3v) is 4.69. The van der Waals surface area contributed by atoms with Crippen molar-refractivity contribution >= 4 is 23.2 Å². The van der Waals surface area contributed by atoms with Gasteiger partial charge >= 0.3 is 0 Å². The van der Waals surface area contributed by atoms with Crippen molar-refractivity contribution in [1.29, 1.82) is 0 Å². The number of anilines is 1. The van der Waals surface area contributed by atoms with Crippen LogP contribution < -0.4 is 10.1 Å². The molecule has 4 rings (SSSR count). The number of aromatic amines is 1. The molecule has 2 aromatic carbocycles. The van der Waals surface area contributed by atoms with E-state index in [2.05, 4.69) is 16.4 Å². The van der Waals surface area contributed by atoms with E-state index >= 15 is 0 Å². The first-order chi connectivity index (χ1) is 12.6. The quantitative estimate of drug-likeness (QED) is 0.671. The third-order valence-electron chi connectivity index (χ3n) is 4.69. The number of rotatable bonds is 3. The lowest BCUT2D eigenvalue weighted by molar-refractivity contribution is -0.110. The van der Waals surface area contributed by atoms with Gasteiger partial charge in [0.2, 0.25) is 0 Å². The summed E-state index contributed by atoms with van der Waals surface area (Å²) in [6.07, 6.45) is 1.94. The van der Waals surface area contributed by atoms with Crippen molar-refractivity contribution in [2.24, 2.45) is 0 Å². The van der Waals surface area contributed by atoms with Crippen LogP contribution in [0.2, 0.25) is 0 Å². The van der Waals surface area contributed by atoms with Crippen molar-refractivity contribution in [2.75, 3.05) is 12.4 Å². The molecule has 0 saturated carbocycles. The first-order valence-corrected chi connectivity index (χ1v) is 8.54. The SMILES string of the molecule is COc1cccc(-c2cccc3c2/C(=C/c2[nH]c(C)cc2C)C(=O)N3)c1. The zero-order valence-corrected chi connectivity index (χ0v) is 15.0. The van der Waals surface area contributed by atoms with Crippen LogP contribution in [-0.4, -0.2) is 18.0 Å². The Kier molecular flexibility index (Phi) is 3.88. The molecule has 0 radical (unpaired) electrons. The van der Waals surface area contributed by atoms with E-state index in [1.807, 2.05) is 62.4 Å². The number of amides is 1. The number of fused-ring (bicyclic) bond motifs is 1. The molecule has 0 bridgehead atoms. The largest absolute Gasteiger partial charge is 0.497 e. The fourth-order valence-electron chi connectivity index (χ4n) is 3.46. The maximum absolute atomic E-state index is 12.6. The molecular weight excluding hydrogens is 324 g/mol. The van der Waals surface area contributed by atoms with Gasteiger partial charge in [-0.2, -0.15) is 0 Å². The van der Waals surface area contributed by atoms with E-state index in [9.17, 15) is 4.79 Å². The minimum atomic E-state index is -0.0815. The maximum Gasteiger partial charge on any atom is 0.256 e. The highest BCUT2D eigenvalue weighted by molar-refractivity contribution is 6.36. The molecule has 0 atom stereocenters. The predicted molar refractivity (Wildman–Crippen MR) is 105 cm³/mol. The molecule has 2 N–H and O–H groups in total. The smallest absolute Gasteiger partial charge is 0.256 e. The van der Waals surface area contributed by atoms with Crippen LogP contribution in [-0.2, 0) is 4.79 Å². The lowest BCUT2D eigenvalue weighted by atomic mass is 9.94. The van der Waals surface area contributed by atoms with Gasteiger partial charge < -0.3 is 15.0 Å². The van der Waals surface area contributed by atoms with Gasteiger partial charge in [-0.3, -0.25) is 4.79 Å². The Hall–Kier alpha value is -3.27. The maximum atomic E-state index is 12.6. The molecule has 1 aromatic heterocycles. The first kappa shape index (κ1) is 16.2. The second-order valence-corrected chi connectivity index (χ2v) is 6.52. The van der Waals surface area contributed by atoms with Gasteiger partial charge in [-0.25, -0.2) is 0 Å². The zero-order chi connectivity index (χ0) is 18.3. The van der Waals surface area contributed by atoms with Gasteiger partial charge in [0.15, 0.2) is 0 Å². The molecule has 1 aliphatic rings. The number of ether oxygens (including phenoxy) is 1. The standard InChI is InChI=1S/C22H20N2O2/c1-13-10-14(2)23-20(13)12-18-21-17(8-5-9-19(21)24-22(18)25)15-6-4-7-16(11-15)26-3/h4-12,23H,1-3H3,(H,24,25)/b18-12-. The summed E-state index contributed by atoms with van der Waals surface area (Å²) in [6, 6.07) is 15.9. The van der Waals surface area contributed by atoms with Crippen molar-refractivity contribution in [3.05, 3.63) is 71.0 Å². The van der Waals surface area contributed by atoms with Gasteiger partial charge in [-0.05, 0) is 60.9 Å². The van der Waals surface area contributed by atoms with Crippen LogP contribution in [0.15, 0.2) is 48.5 Å². The fraction of sp³-hybridized carbons (Fsp3) is 0.136. The summed E-state index contributed by atoms with van der Waals surface area (Å²) in [5.74, 6) is 0.709. The van der Waals surface area contributed by atoms with Crippen LogP contribution in [0.4, 0.5) is 5.69 Å². The number of carbonyl (C=O) groups is 1. The van der Waals surface area contributed by atoms with Gasteiger partial charge in [0.05, 0.1) is 12.7 Å². The van der Waals surface area contributed by atoms with Crippen LogP contribution in [0, 0.1) is 13.8 Å². The number of carbonyl (C=O) groups excluding carboxylic acids is 1. The molecule has 3 aromatic rings. The van der Waals surface area contributed by atoms with E-state index in [1.165, 1.54) is 0 Å². The molecule has 1 amide bonds. The Morgan fingerprint density at radius 2 is 1.85 bits per heavy atom. The molecule has 26 heavy (non-hydrogen) atoms. The summed E-state index contributed by atoms with van der Waals surface area (Å²) in [4.78, 5) is 16.0. The predicted octanol–water partition coefficient (Wildman–Crippen LogP) is 4.80. The van der Waals surface area contributed by atoms with Gasteiger partial charge in [-0.15, -0.1) is 0 Å². The van der Waals surface area contributed by atoms with Crippen molar-refractivity contribution in [2.45, 2.75) is 13.8 Å². The Bertz CT molecular complexity index is 1040. The number of hydrogen-bond donors (Lipinski definition) is 2. The number of nitrogens with one attached hydrogen (secondary N) is 2. The summed E-state index contributed by atoms with van der Waals surface area (Å²) in [7, 11) is 1.65. The van der Waals surface area contributed by atoms with E-state index in [1.54, 1.807) is 7.11 Å². The summed E-state index contributed by atoms with van der Waals surface area (Å²) >= 11 is 0. The Labute approximate surface area is 152 Å². The molecule has 0 unspecified atom stereocenters. The lowest BCUT2D eigenvalue weighted by Crippen LogP contribution is -2.03. The molecular formula is C22H20N2O2. The average Bonchev–Trinajstić information content (AvgIpc) is 3.13. The second kappa shape index (κ2) is 6.23. The molecule has 0 aliphatic carbocycles. The normalized spacial score (nSPS) is 14.4. The van der Waals surface area contributed by atoms with Crippen LogP contribution >= 0.6 is 0 Å². The Morgan fingerprint density at radius 1 is 1.04 bits per heavy atom. The Balaban J connectivity index is 1.90. The summed E-state index contributed by atoms with van der Waals surface area (Å²) in [6.45, 7) is 4.05. The van der Waals surface area contributed by atoms with E-state index in [-0.39, 0.29) is 5.91 Å². The van der Waals surface area contributed by atoms with E-state index in [0.717, 1.165) is 45.1 Å². The topological polar surface area (TPSA) is 54.1 Å². The highest BCUT2D eigenvalue weighted by Gasteiger charge is 2.27. The Morgan fingerprint density at radius 3 is 2.58 bits per heavy atom. The van der Waals surface area contributed by atoms with Crippen LogP contribution in [0.3, 0.4) is 0 Å². The molecule has 0 spiro atoms. The van der Waals surface area contributed by atoms with Gasteiger partial charge in [0, 0.05) is 22.6 Å². The van der Waals surface area contributed by atoms with Gasteiger partial charge in [0.25, 0.3) is 5.91 Å². The van der Waals surface area contributed by atoms with Crippen molar-refractivity contribution in [3.63, 3.8) is 0 Å². The molecule has 2 heterocycles. The lowest BCUT2D eigenvalue weighted by Gasteiger charge is -2.10. The minimum absolute atomic E-state index is 0.0815.